The van der Waals surface area contributed by atoms with Gasteiger partial charge in [-0.1, -0.05) is 42.5 Å². The Hall–Kier alpha value is -1.81. The van der Waals surface area contributed by atoms with Crippen molar-refractivity contribution in [3.05, 3.63) is 48.0 Å². The van der Waals surface area contributed by atoms with Crippen molar-refractivity contribution < 1.29 is 9.53 Å². The molecule has 1 aromatic rings. The monoisotopic (exact) mass is 220 g/mol. The molecule has 1 amide bonds. The Labute approximate surface area is 95.1 Å². The normalized spacial score (nSPS) is 12.8. The van der Waals surface area contributed by atoms with E-state index in [2.05, 4.69) is 22.2 Å². The zero-order valence-corrected chi connectivity index (χ0v) is 9.06. The maximum Gasteiger partial charge on any atom is 0.404 e. The molecule has 0 radical (unpaired) electrons. The Morgan fingerprint density at radius 1 is 1.25 bits per heavy atom. The van der Waals surface area contributed by atoms with Gasteiger partial charge in [0.15, 0.2) is 0 Å². The standard InChI is InChI=1S/C8H9NO2.C4H7N/c9-8(10)11-6-7-4-2-1-3-5-7;1-2-4-5-3-1/h1-5H,6H2,(H2,9,10);1-2,5H,3-4H2. The van der Waals surface area contributed by atoms with Gasteiger partial charge in [0.05, 0.1) is 0 Å². The first kappa shape index (κ1) is 12.3. The van der Waals surface area contributed by atoms with Gasteiger partial charge in [-0.05, 0) is 5.56 Å². The number of benzene rings is 1. The zero-order chi connectivity index (χ0) is 11.6. The van der Waals surface area contributed by atoms with E-state index in [1.807, 2.05) is 30.3 Å². The third-order valence-corrected chi connectivity index (χ3v) is 1.91. The van der Waals surface area contributed by atoms with E-state index >= 15 is 0 Å². The average molecular weight is 220 g/mol. The molecule has 4 heteroatoms. The third kappa shape index (κ3) is 5.82. The number of amides is 1. The molecule has 0 fully saturated rings. The van der Waals surface area contributed by atoms with Gasteiger partial charge in [-0.25, -0.2) is 4.79 Å². The number of rotatable bonds is 2. The van der Waals surface area contributed by atoms with Crippen molar-refractivity contribution in [3.8, 4) is 0 Å². The topological polar surface area (TPSA) is 64.3 Å². The van der Waals surface area contributed by atoms with E-state index in [4.69, 9.17) is 5.73 Å². The van der Waals surface area contributed by atoms with Gasteiger partial charge in [0.2, 0.25) is 0 Å². The van der Waals surface area contributed by atoms with E-state index in [1.54, 1.807) is 0 Å². The van der Waals surface area contributed by atoms with Crippen LogP contribution in [0.1, 0.15) is 5.56 Å². The number of hydrogen-bond acceptors (Lipinski definition) is 3. The van der Waals surface area contributed by atoms with Crippen LogP contribution in [0.25, 0.3) is 0 Å². The fraction of sp³-hybridized carbons (Fsp3) is 0.250. The van der Waals surface area contributed by atoms with Crippen molar-refractivity contribution >= 4 is 6.09 Å². The molecule has 16 heavy (non-hydrogen) atoms. The highest BCUT2D eigenvalue weighted by atomic mass is 16.5. The van der Waals surface area contributed by atoms with Crippen LogP contribution in [-0.2, 0) is 11.3 Å². The predicted molar refractivity (Wildman–Crippen MR) is 62.8 cm³/mol. The molecular formula is C12H16N2O2. The summed E-state index contributed by atoms with van der Waals surface area (Å²) >= 11 is 0. The van der Waals surface area contributed by atoms with Gasteiger partial charge < -0.3 is 15.8 Å². The van der Waals surface area contributed by atoms with Gasteiger partial charge in [-0.3, -0.25) is 0 Å². The Morgan fingerprint density at radius 3 is 2.31 bits per heavy atom. The van der Waals surface area contributed by atoms with E-state index in [-0.39, 0.29) is 6.61 Å². The zero-order valence-electron chi connectivity index (χ0n) is 9.06. The van der Waals surface area contributed by atoms with Crippen molar-refractivity contribution in [2.45, 2.75) is 6.61 Å². The summed E-state index contributed by atoms with van der Waals surface area (Å²) < 4.78 is 4.57. The second kappa shape index (κ2) is 7.48. The molecule has 0 atom stereocenters. The third-order valence-electron chi connectivity index (χ3n) is 1.91. The van der Waals surface area contributed by atoms with Crippen LogP contribution in [0.5, 0.6) is 0 Å². The molecule has 2 rings (SSSR count). The first-order valence-corrected chi connectivity index (χ1v) is 5.11. The summed E-state index contributed by atoms with van der Waals surface area (Å²) in [5.41, 5.74) is 5.72. The molecule has 0 bridgehead atoms. The molecule has 86 valence electrons. The first-order chi connectivity index (χ1) is 7.79. The van der Waals surface area contributed by atoms with Crippen molar-refractivity contribution in [1.82, 2.24) is 5.32 Å². The minimum absolute atomic E-state index is 0.246. The molecule has 0 unspecified atom stereocenters. The van der Waals surface area contributed by atoms with E-state index < -0.39 is 6.09 Å². The number of hydrogen-bond donors (Lipinski definition) is 2. The smallest absolute Gasteiger partial charge is 0.404 e. The molecule has 0 spiro atoms. The van der Waals surface area contributed by atoms with Crippen LogP contribution in [0.3, 0.4) is 0 Å². The minimum Gasteiger partial charge on any atom is -0.445 e. The molecule has 0 aliphatic carbocycles. The number of carbonyl (C=O) groups is 1. The fourth-order valence-corrected chi connectivity index (χ4v) is 1.15. The van der Waals surface area contributed by atoms with Gasteiger partial charge in [0.25, 0.3) is 0 Å². The van der Waals surface area contributed by atoms with Gasteiger partial charge >= 0.3 is 6.09 Å². The molecule has 4 nitrogen and oxygen atoms in total. The second-order valence-corrected chi connectivity index (χ2v) is 3.22. The molecule has 1 heterocycles. The van der Waals surface area contributed by atoms with Gasteiger partial charge in [-0.2, -0.15) is 0 Å². The van der Waals surface area contributed by atoms with Crippen LogP contribution in [0.15, 0.2) is 42.5 Å². The van der Waals surface area contributed by atoms with Crippen LogP contribution >= 0.6 is 0 Å². The molecular weight excluding hydrogens is 204 g/mol. The lowest BCUT2D eigenvalue weighted by Gasteiger charge is -1.99. The maximum atomic E-state index is 10.2. The summed E-state index contributed by atoms with van der Waals surface area (Å²) in [4.78, 5) is 10.2. The summed E-state index contributed by atoms with van der Waals surface area (Å²) in [6, 6.07) is 9.37. The fourth-order valence-electron chi connectivity index (χ4n) is 1.15. The van der Waals surface area contributed by atoms with Crippen molar-refractivity contribution in [2.24, 2.45) is 5.73 Å². The Kier molecular flexibility index (Phi) is 5.73. The average Bonchev–Trinajstić information content (AvgIpc) is 2.86. The molecule has 1 aliphatic heterocycles. The summed E-state index contributed by atoms with van der Waals surface area (Å²) in [7, 11) is 0. The van der Waals surface area contributed by atoms with Gasteiger partial charge in [0.1, 0.15) is 6.61 Å². The van der Waals surface area contributed by atoms with E-state index in [0.717, 1.165) is 18.7 Å². The molecule has 3 N–H and O–H groups in total. The van der Waals surface area contributed by atoms with Crippen LogP contribution in [0.4, 0.5) is 4.79 Å². The molecule has 0 saturated heterocycles. The predicted octanol–water partition coefficient (Wildman–Crippen LogP) is 1.43. The lowest BCUT2D eigenvalue weighted by Crippen LogP contribution is -2.12. The summed E-state index contributed by atoms with van der Waals surface area (Å²) in [5.74, 6) is 0. The van der Waals surface area contributed by atoms with Gasteiger partial charge in [-0.15, -0.1) is 0 Å². The van der Waals surface area contributed by atoms with Crippen LogP contribution in [0.2, 0.25) is 0 Å². The number of ether oxygens (including phenoxy) is 1. The van der Waals surface area contributed by atoms with Gasteiger partial charge in [0, 0.05) is 13.1 Å². The number of nitrogens with one attached hydrogen (secondary N) is 1. The Bertz CT molecular complexity index is 330. The highest BCUT2D eigenvalue weighted by Gasteiger charge is 1.93. The lowest BCUT2D eigenvalue weighted by atomic mass is 10.2. The molecule has 1 aromatic carbocycles. The number of nitrogens with two attached hydrogens (primary N) is 1. The summed E-state index contributed by atoms with van der Waals surface area (Å²) in [5, 5.41) is 3.11. The van der Waals surface area contributed by atoms with Crippen molar-refractivity contribution in [2.75, 3.05) is 13.1 Å². The Morgan fingerprint density at radius 2 is 1.88 bits per heavy atom. The van der Waals surface area contributed by atoms with Crippen LogP contribution < -0.4 is 11.1 Å². The molecule has 0 aromatic heterocycles. The highest BCUT2D eigenvalue weighted by Crippen LogP contribution is 1.99. The lowest BCUT2D eigenvalue weighted by molar-refractivity contribution is 0.150. The number of carbonyl (C=O) groups excluding carboxylic acids is 1. The molecule has 1 aliphatic rings. The van der Waals surface area contributed by atoms with Crippen molar-refractivity contribution in [3.63, 3.8) is 0 Å². The van der Waals surface area contributed by atoms with Crippen LogP contribution in [0, 0.1) is 0 Å². The molecule has 0 saturated carbocycles. The van der Waals surface area contributed by atoms with Crippen LogP contribution in [-0.4, -0.2) is 19.2 Å². The maximum absolute atomic E-state index is 10.2. The number of primary amides is 1. The quantitative estimate of drug-likeness (QED) is 0.741. The highest BCUT2D eigenvalue weighted by molar-refractivity contribution is 5.64. The van der Waals surface area contributed by atoms with Crippen molar-refractivity contribution in [1.29, 1.82) is 0 Å². The first-order valence-electron chi connectivity index (χ1n) is 5.11. The van der Waals surface area contributed by atoms with E-state index in [0.29, 0.717) is 0 Å². The summed E-state index contributed by atoms with van der Waals surface area (Å²) in [6.07, 6.45) is 3.51. The largest absolute Gasteiger partial charge is 0.445 e. The SMILES string of the molecule is C1=CCNC1.NC(=O)OCc1ccccc1. The summed E-state index contributed by atoms with van der Waals surface area (Å²) in [6.45, 7) is 2.39. The minimum atomic E-state index is -0.742. The van der Waals surface area contributed by atoms with E-state index in [1.165, 1.54) is 0 Å². The second-order valence-electron chi connectivity index (χ2n) is 3.22. The van der Waals surface area contributed by atoms with E-state index in [9.17, 15) is 4.79 Å². The Balaban J connectivity index is 0.000000212.